The fraction of sp³-hybridized carbons (Fsp3) is 0.778. The van der Waals surface area contributed by atoms with Gasteiger partial charge in [-0.2, -0.15) is 0 Å². The molecule has 2 aliphatic carbocycles. The first-order valence-electron chi connectivity index (χ1n) is 8.61. The number of ether oxygens (including phenoxy) is 2. The van der Waals surface area contributed by atoms with Crippen LogP contribution in [0, 0.1) is 17.8 Å². The van der Waals surface area contributed by atoms with Crippen LogP contribution in [0.1, 0.15) is 48.0 Å². The predicted octanol–water partition coefficient (Wildman–Crippen LogP) is 3.58. The van der Waals surface area contributed by atoms with E-state index in [1.807, 2.05) is 47.6 Å². The fourth-order valence-electron chi connectivity index (χ4n) is 4.20. The van der Waals surface area contributed by atoms with Crippen molar-refractivity contribution in [3.8, 4) is 0 Å². The van der Waals surface area contributed by atoms with E-state index in [0.29, 0.717) is 17.8 Å². The molecule has 3 aliphatic rings. The largest absolute Gasteiger partial charge is 0.442 e. The number of fused-ring (bicyclic) bond motifs is 5. The van der Waals surface area contributed by atoms with Gasteiger partial charge in [0.25, 0.3) is 0 Å². The summed E-state index contributed by atoms with van der Waals surface area (Å²) in [5, 5.41) is 2.99. The van der Waals surface area contributed by atoms with E-state index in [1.54, 1.807) is 0 Å². The molecule has 6 nitrogen and oxygen atoms in total. The topological polar surface area (TPSA) is 59.1 Å². The van der Waals surface area contributed by atoms with Crippen molar-refractivity contribution in [1.82, 2.24) is 10.0 Å². The number of carbonyl (C=O) groups excluding carboxylic acids is 2. The molecule has 3 rings (SSSR count). The molecular formula is C18H28N2O4. The number of amides is 2. The fourth-order valence-corrected chi connectivity index (χ4v) is 4.20. The number of nitrogens with zero attached hydrogens (tertiary/aromatic N) is 2. The normalized spacial score (nSPS) is 34.0. The van der Waals surface area contributed by atoms with Crippen LogP contribution in [0.2, 0.25) is 0 Å². The Labute approximate surface area is 143 Å². The number of hydrogen-bond donors (Lipinski definition) is 0. The van der Waals surface area contributed by atoms with Gasteiger partial charge in [-0.25, -0.2) is 19.6 Å². The minimum absolute atomic E-state index is 0.00892. The van der Waals surface area contributed by atoms with Crippen LogP contribution in [0.5, 0.6) is 0 Å². The smallest absolute Gasteiger partial charge is 0.429 e. The summed E-state index contributed by atoms with van der Waals surface area (Å²) in [6.45, 7) is 14.8. The van der Waals surface area contributed by atoms with Gasteiger partial charge in [-0.05, 0) is 65.7 Å². The first-order valence-corrected chi connectivity index (χ1v) is 8.61. The maximum absolute atomic E-state index is 12.7. The van der Waals surface area contributed by atoms with Gasteiger partial charge in [0.15, 0.2) is 0 Å². The van der Waals surface area contributed by atoms with Crippen molar-refractivity contribution in [2.75, 3.05) is 0 Å². The van der Waals surface area contributed by atoms with Gasteiger partial charge in [0.2, 0.25) is 0 Å². The summed E-state index contributed by atoms with van der Waals surface area (Å²) in [5.41, 5.74) is -1.22. The zero-order valence-corrected chi connectivity index (χ0v) is 15.4. The van der Waals surface area contributed by atoms with Crippen molar-refractivity contribution in [3.05, 3.63) is 12.7 Å². The molecule has 134 valence electrons. The van der Waals surface area contributed by atoms with Crippen molar-refractivity contribution in [1.29, 1.82) is 0 Å². The SMILES string of the molecule is C=CC1C2C1C1CC2N(C(=O)OC(C)(C)C)N1C(=O)OC(C)(C)C. The Balaban J connectivity index is 1.85. The Morgan fingerprint density at radius 3 is 1.58 bits per heavy atom. The molecule has 2 saturated carbocycles. The van der Waals surface area contributed by atoms with E-state index in [4.69, 9.17) is 9.47 Å². The monoisotopic (exact) mass is 336 g/mol. The van der Waals surface area contributed by atoms with E-state index in [1.165, 1.54) is 10.0 Å². The second-order valence-corrected chi connectivity index (χ2v) is 8.99. The lowest BCUT2D eigenvalue weighted by Gasteiger charge is -2.38. The molecule has 0 radical (unpaired) electrons. The van der Waals surface area contributed by atoms with Crippen molar-refractivity contribution >= 4 is 12.2 Å². The maximum Gasteiger partial charge on any atom is 0.429 e. The summed E-state index contributed by atoms with van der Waals surface area (Å²) < 4.78 is 11.1. The van der Waals surface area contributed by atoms with Gasteiger partial charge in [0.05, 0.1) is 12.1 Å². The lowest BCUT2D eigenvalue weighted by molar-refractivity contribution is -0.0771. The number of allylic oxidation sites excluding steroid dienone is 1. The minimum Gasteiger partial charge on any atom is -0.442 e. The van der Waals surface area contributed by atoms with Crippen molar-refractivity contribution in [2.24, 2.45) is 17.8 Å². The second-order valence-electron chi connectivity index (χ2n) is 8.99. The van der Waals surface area contributed by atoms with E-state index in [9.17, 15) is 9.59 Å². The number of hydrazine groups is 1. The highest BCUT2D eigenvalue weighted by Crippen LogP contribution is 2.64. The number of hydrogen-bond acceptors (Lipinski definition) is 4. The molecule has 1 aliphatic heterocycles. The lowest BCUT2D eigenvalue weighted by Crippen LogP contribution is -2.56. The van der Waals surface area contributed by atoms with Gasteiger partial charge >= 0.3 is 12.2 Å². The molecule has 0 spiro atoms. The van der Waals surface area contributed by atoms with Gasteiger partial charge in [-0.3, -0.25) is 0 Å². The molecule has 0 aromatic carbocycles. The average molecular weight is 336 g/mol. The second kappa shape index (κ2) is 5.14. The first-order chi connectivity index (χ1) is 10.9. The molecule has 0 aromatic rings. The first kappa shape index (κ1) is 17.1. The van der Waals surface area contributed by atoms with Crippen molar-refractivity contribution < 1.29 is 19.1 Å². The van der Waals surface area contributed by atoms with Crippen molar-refractivity contribution in [2.45, 2.75) is 71.2 Å². The van der Waals surface area contributed by atoms with Crippen LogP contribution in [-0.4, -0.2) is 45.5 Å². The summed E-state index contributed by atoms with van der Waals surface area (Å²) >= 11 is 0. The zero-order chi connectivity index (χ0) is 18.0. The molecule has 3 fully saturated rings. The highest BCUT2D eigenvalue weighted by Gasteiger charge is 2.72. The summed E-state index contributed by atoms with van der Waals surface area (Å²) in [6.07, 6.45) is 1.78. The summed E-state index contributed by atoms with van der Waals surface area (Å²) in [5.74, 6) is 1.14. The van der Waals surface area contributed by atoms with E-state index >= 15 is 0 Å². The molecule has 1 saturated heterocycles. The van der Waals surface area contributed by atoms with Gasteiger partial charge in [-0.15, -0.1) is 6.58 Å². The molecule has 1 heterocycles. The average Bonchev–Trinajstić information content (AvgIpc) is 2.83. The maximum atomic E-state index is 12.7. The lowest BCUT2D eigenvalue weighted by atomic mass is 10.1. The van der Waals surface area contributed by atoms with Gasteiger partial charge in [0.1, 0.15) is 11.2 Å². The third-order valence-corrected chi connectivity index (χ3v) is 4.86. The van der Waals surface area contributed by atoms with Gasteiger partial charge in [-0.1, -0.05) is 6.08 Å². The van der Waals surface area contributed by atoms with E-state index in [2.05, 4.69) is 6.58 Å². The minimum atomic E-state index is -0.612. The Kier molecular flexibility index (Phi) is 3.66. The Bertz CT molecular complexity index is 529. The number of carbonyl (C=O) groups is 2. The highest BCUT2D eigenvalue weighted by atomic mass is 16.6. The van der Waals surface area contributed by atoms with Crippen molar-refractivity contribution in [3.63, 3.8) is 0 Å². The summed E-state index contributed by atoms with van der Waals surface area (Å²) in [6, 6.07) is -0.0178. The predicted molar refractivity (Wildman–Crippen MR) is 89.0 cm³/mol. The zero-order valence-electron chi connectivity index (χ0n) is 15.4. The molecule has 2 bridgehead atoms. The molecule has 6 heteroatoms. The third-order valence-electron chi connectivity index (χ3n) is 4.86. The molecule has 2 amide bonds. The molecule has 0 aromatic heterocycles. The van der Waals surface area contributed by atoms with Crippen LogP contribution in [-0.2, 0) is 9.47 Å². The Morgan fingerprint density at radius 1 is 0.917 bits per heavy atom. The molecule has 24 heavy (non-hydrogen) atoms. The Hall–Kier alpha value is -1.72. The van der Waals surface area contributed by atoms with Crippen LogP contribution in [0.4, 0.5) is 9.59 Å². The van der Waals surface area contributed by atoms with E-state index < -0.39 is 23.4 Å². The van der Waals surface area contributed by atoms with E-state index in [0.717, 1.165) is 6.42 Å². The quantitative estimate of drug-likeness (QED) is 0.687. The Morgan fingerprint density at radius 2 is 1.29 bits per heavy atom. The van der Waals surface area contributed by atoms with Crippen LogP contribution >= 0.6 is 0 Å². The molecule has 4 atom stereocenters. The summed E-state index contributed by atoms with van der Waals surface area (Å²) in [7, 11) is 0. The van der Waals surface area contributed by atoms with Gasteiger partial charge in [0, 0.05) is 0 Å². The van der Waals surface area contributed by atoms with Crippen LogP contribution in [0.25, 0.3) is 0 Å². The van der Waals surface area contributed by atoms with Crippen LogP contribution < -0.4 is 0 Å². The molecule has 0 N–H and O–H groups in total. The molecular weight excluding hydrogens is 308 g/mol. The third kappa shape index (κ3) is 2.76. The van der Waals surface area contributed by atoms with Crippen LogP contribution in [0.15, 0.2) is 12.7 Å². The standard InChI is InChI=1S/C18H28N2O4/c1-8-10-13-11-9-12(14(10)13)20(16(22)24-18(5,6)7)19(11)15(21)23-17(2,3)4/h8,10-14H,1,9H2,2-7H3. The highest BCUT2D eigenvalue weighted by molar-refractivity contribution is 5.77. The van der Waals surface area contributed by atoms with Gasteiger partial charge < -0.3 is 9.47 Å². The number of rotatable bonds is 1. The summed E-state index contributed by atoms with van der Waals surface area (Å²) in [4.78, 5) is 25.4. The molecule has 4 unspecified atom stereocenters. The van der Waals surface area contributed by atoms with Crippen LogP contribution in [0.3, 0.4) is 0 Å². The van der Waals surface area contributed by atoms with E-state index in [-0.39, 0.29) is 12.1 Å².